The zero-order chi connectivity index (χ0) is 23.9. The van der Waals surface area contributed by atoms with Crippen LogP contribution in [0.15, 0.2) is 53.6 Å². The van der Waals surface area contributed by atoms with Gasteiger partial charge in [-0.15, -0.1) is 0 Å². The van der Waals surface area contributed by atoms with Crippen molar-refractivity contribution < 1.29 is 13.2 Å². The van der Waals surface area contributed by atoms with Crippen LogP contribution >= 0.6 is 0 Å². The van der Waals surface area contributed by atoms with Crippen molar-refractivity contribution in [3.8, 4) is 23.0 Å². The zero-order valence-electron chi connectivity index (χ0n) is 19.0. The molecule has 0 bridgehead atoms. The molecular weight excluding hydrogens is 442 g/mol. The number of nitrogens with zero attached hydrogens (tertiary/aromatic N) is 4. The fourth-order valence-corrected chi connectivity index (χ4v) is 4.05. The maximum atomic E-state index is 12.5. The van der Waals surface area contributed by atoms with E-state index in [4.69, 9.17) is 4.74 Å². The van der Waals surface area contributed by atoms with E-state index in [-0.39, 0.29) is 17.4 Å². The van der Waals surface area contributed by atoms with E-state index in [1.807, 2.05) is 36.0 Å². The normalized spacial score (nSPS) is 11.8. The van der Waals surface area contributed by atoms with Gasteiger partial charge in [0.15, 0.2) is 0 Å². The summed E-state index contributed by atoms with van der Waals surface area (Å²) in [5, 5.41) is 0.217. The Labute approximate surface area is 191 Å². The molecule has 0 unspecified atom stereocenters. The van der Waals surface area contributed by atoms with E-state index in [0.717, 1.165) is 10.9 Å². The number of anilines is 1. The van der Waals surface area contributed by atoms with E-state index >= 15 is 0 Å². The fraction of sp³-hybridized carbons (Fsp3) is 0.261. The molecule has 0 amide bonds. The lowest BCUT2D eigenvalue weighted by Gasteiger charge is -2.14. The summed E-state index contributed by atoms with van der Waals surface area (Å²) in [6.07, 6.45) is 3.56. The number of rotatable bonds is 6. The molecule has 1 aromatic carbocycles. The molecule has 0 saturated carbocycles. The third-order valence-corrected chi connectivity index (χ3v) is 7.06. The molecule has 0 spiro atoms. The highest BCUT2D eigenvalue weighted by Crippen LogP contribution is 2.31. The largest absolute Gasteiger partial charge is 0.424 e. The summed E-state index contributed by atoms with van der Waals surface area (Å²) in [6.45, 7) is 4.87. The van der Waals surface area contributed by atoms with E-state index in [2.05, 4.69) is 14.7 Å². The molecule has 4 aromatic rings. The summed E-state index contributed by atoms with van der Waals surface area (Å²) >= 11 is 0. The Balaban J connectivity index is 1.84. The maximum Gasteiger partial charge on any atom is 0.324 e. The first-order valence-electron chi connectivity index (χ1n) is 10.4. The first-order valence-corrected chi connectivity index (χ1v) is 11.9. The van der Waals surface area contributed by atoms with Gasteiger partial charge in [-0.3, -0.25) is 9.52 Å². The number of fused-ring (bicyclic) bond motifs is 1. The van der Waals surface area contributed by atoms with E-state index in [9.17, 15) is 13.2 Å². The third kappa shape index (κ3) is 4.47. The molecule has 9 nitrogen and oxygen atoms in total. The minimum atomic E-state index is -3.65. The van der Waals surface area contributed by atoms with Crippen molar-refractivity contribution in [3.05, 3.63) is 64.7 Å². The molecule has 33 heavy (non-hydrogen) atoms. The number of nitrogens with one attached hydrogen (secondary N) is 1. The summed E-state index contributed by atoms with van der Waals surface area (Å²) in [7, 11) is -0.0653. The van der Waals surface area contributed by atoms with Gasteiger partial charge in [0.2, 0.25) is 10.0 Å². The number of aryl methyl sites for hydroxylation is 3. The van der Waals surface area contributed by atoms with Crippen molar-refractivity contribution in [2.75, 3.05) is 4.72 Å². The van der Waals surface area contributed by atoms with Gasteiger partial charge in [-0.05, 0) is 45.0 Å². The van der Waals surface area contributed by atoms with Crippen LogP contribution in [0.5, 0.6) is 11.8 Å². The first kappa shape index (κ1) is 22.5. The number of ether oxygens (including phenoxy) is 1. The molecule has 3 aromatic heterocycles. The Morgan fingerprint density at radius 2 is 1.82 bits per heavy atom. The summed E-state index contributed by atoms with van der Waals surface area (Å²) in [4.78, 5) is 20.9. The Morgan fingerprint density at radius 3 is 2.52 bits per heavy atom. The molecule has 0 saturated heterocycles. The molecule has 0 fully saturated rings. The number of hydrogen-bond acceptors (Lipinski definition) is 6. The van der Waals surface area contributed by atoms with Crippen LogP contribution in [-0.2, 0) is 24.1 Å². The lowest BCUT2D eigenvalue weighted by molar-refractivity contribution is 0.448. The standard InChI is InChI=1S/C23H25N5O4S/c1-14(2)33(30,31)26-21-12-18(16-11-15(3)22(29)28(5)13-16)24-23(25-21)32-20-8-6-7-19-17(20)9-10-27(19)4/h6-14H,1-5H3,(H,24,25,26). The molecule has 4 rings (SSSR count). The number of hydrogen-bond donors (Lipinski definition) is 1. The number of aromatic nitrogens is 4. The van der Waals surface area contributed by atoms with E-state index in [1.54, 1.807) is 46.1 Å². The Morgan fingerprint density at radius 1 is 1.06 bits per heavy atom. The average Bonchev–Trinajstić information content (AvgIpc) is 3.13. The van der Waals surface area contributed by atoms with Gasteiger partial charge in [-0.25, -0.2) is 8.42 Å². The minimum absolute atomic E-state index is 0.0168. The van der Waals surface area contributed by atoms with Gasteiger partial charge in [0.25, 0.3) is 5.56 Å². The second-order valence-corrected chi connectivity index (χ2v) is 10.4. The van der Waals surface area contributed by atoms with Gasteiger partial charge in [0.1, 0.15) is 11.6 Å². The average molecular weight is 468 g/mol. The lowest BCUT2D eigenvalue weighted by atomic mass is 10.1. The van der Waals surface area contributed by atoms with Gasteiger partial charge in [0.05, 0.1) is 16.5 Å². The molecule has 172 valence electrons. The summed E-state index contributed by atoms with van der Waals surface area (Å²) in [5.41, 5.74) is 2.43. The van der Waals surface area contributed by atoms with Crippen molar-refractivity contribution >= 4 is 26.7 Å². The SMILES string of the molecule is Cc1cc(-c2cc(NS(=O)(=O)C(C)C)nc(Oc3cccc4c3ccn4C)n2)cn(C)c1=O. The van der Waals surface area contributed by atoms with Crippen LogP contribution in [0.2, 0.25) is 0 Å². The van der Waals surface area contributed by atoms with Gasteiger partial charge >= 0.3 is 6.01 Å². The Bertz CT molecular complexity index is 1490. The molecule has 0 aliphatic heterocycles. The molecule has 0 aliphatic rings. The quantitative estimate of drug-likeness (QED) is 0.464. The van der Waals surface area contributed by atoms with Crippen LogP contribution in [0.3, 0.4) is 0 Å². The highest BCUT2D eigenvalue weighted by atomic mass is 32.2. The molecular formula is C23H25N5O4S. The molecule has 0 radical (unpaired) electrons. The number of sulfonamides is 1. The predicted molar refractivity (Wildman–Crippen MR) is 128 cm³/mol. The van der Waals surface area contributed by atoms with E-state index < -0.39 is 15.3 Å². The zero-order valence-corrected chi connectivity index (χ0v) is 19.8. The number of pyridine rings is 1. The van der Waals surface area contributed by atoms with E-state index in [0.29, 0.717) is 22.6 Å². The molecule has 3 heterocycles. The molecule has 10 heteroatoms. The van der Waals surface area contributed by atoms with Gasteiger partial charge in [-0.1, -0.05) is 6.07 Å². The van der Waals surface area contributed by atoms with Crippen molar-refractivity contribution in [3.63, 3.8) is 0 Å². The Hall–Kier alpha value is -3.66. The van der Waals surface area contributed by atoms with Crippen molar-refractivity contribution in [2.45, 2.75) is 26.0 Å². The summed E-state index contributed by atoms with van der Waals surface area (Å²) in [5.74, 6) is 0.620. The fourth-order valence-electron chi connectivity index (χ4n) is 3.41. The molecule has 0 aliphatic carbocycles. The van der Waals surface area contributed by atoms with Gasteiger partial charge in [0, 0.05) is 49.1 Å². The first-order chi connectivity index (χ1) is 15.5. The van der Waals surface area contributed by atoms with Crippen LogP contribution in [0.1, 0.15) is 19.4 Å². The van der Waals surface area contributed by atoms with Gasteiger partial charge in [-0.2, -0.15) is 9.97 Å². The number of benzene rings is 1. The van der Waals surface area contributed by atoms with Crippen LogP contribution < -0.4 is 15.0 Å². The van der Waals surface area contributed by atoms with Crippen molar-refractivity contribution in [1.82, 2.24) is 19.1 Å². The topological polar surface area (TPSA) is 108 Å². The second kappa shape index (κ2) is 8.36. The van der Waals surface area contributed by atoms with E-state index in [1.165, 1.54) is 10.6 Å². The van der Waals surface area contributed by atoms with Crippen molar-refractivity contribution in [2.24, 2.45) is 14.1 Å². The minimum Gasteiger partial charge on any atom is -0.424 e. The van der Waals surface area contributed by atoms with Gasteiger partial charge < -0.3 is 13.9 Å². The highest BCUT2D eigenvalue weighted by Gasteiger charge is 2.19. The van der Waals surface area contributed by atoms with Crippen LogP contribution in [-0.4, -0.2) is 32.8 Å². The van der Waals surface area contributed by atoms with Crippen LogP contribution in [0, 0.1) is 6.92 Å². The summed E-state index contributed by atoms with van der Waals surface area (Å²) in [6, 6.07) is 10.8. The van der Waals surface area contributed by atoms with Crippen LogP contribution in [0.25, 0.3) is 22.2 Å². The molecule has 1 N–H and O–H groups in total. The van der Waals surface area contributed by atoms with Crippen LogP contribution in [0.4, 0.5) is 5.82 Å². The van der Waals surface area contributed by atoms with Crippen molar-refractivity contribution in [1.29, 1.82) is 0 Å². The highest BCUT2D eigenvalue weighted by molar-refractivity contribution is 7.93. The summed E-state index contributed by atoms with van der Waals surface area (Å²) < 4.78 is 36.9. The maximum absolute atomic E-state index is 12.5. The lowest BCUT2D eigenvalue weighted by Crippen LogP contribution is -2.23. The predicted octanol–water partition coefficient (Wildman–Crippen LogP) is 3.58. The smallest absolute Gasteiger partial charge is 0.324 e. The molecule has 0 atom stereocenters. The Kier molecular flexibility index (Phi) is 5.71. The monoisotopic (exact) mass is 467 g/mol. The third-order valence-electron chi connectivity index (χ3n) is 5.32. The second-order valence-electron chi connectivity index (χ2n) is 8.16.